The van der Waals surface area contributed by atoms with Crippen LogP contribution in [0.3, 0.4) is 0 Å². The number of carbonyl (C=O) groups excluding carboxylic acids is 3. The van der Waals surface area contributed by atoms with Crippen LogP contribution < -0.4 is 15.5 Å². The van der Waals surface area contributed by atoms with Crippen molar-refractivity contribution >= 4 is 46.8 Å². The van der Waals surface area contributed by atoms with Crippen molar-refractivity contribution in [2.75, 3.05) is 16.8 Å². The summed E-state index contributed by atoms with van der Waals surface area (Å²) in [5, 5.41) is 5.92. The van der Waals surface area contributed by atoms with Crippen LogP contribution >= 0.6 is 11.6 Å². The van der Waals surface area contributed by atoms with Crippen LogP contribution in [0.15, 0.2) is 48.5 Å². The molecule has 0 bridgehead atoms. The van der Waals surface area contributed by atoms with Crippen LogP contribution in [0.2, 0.25) is 5.02 Å². The summed E-state index contributed by atoms with van der Waals surface area (Å²) in [5.74, 6) is -0.355. The number of rotatable bonds is 6. The second-order valence-electron chi connectivity index (χ2n) is 7.51. The van der Waals surface area contributed by atoms with Crippen molar-refractivity contribution in [1.29, 1.82) is 0 Å². The number of nitrogens with one attached hydrogen (secondary N) is 2. The fraction of sp³-hybridized carbons (Fsp3) is 0.261. The lowest BCUT2D eigenvalue weighted by Crippen LogP contribution is -2.25. The zero-order valence-corrected chi connectivity index (χ0v) is 17.1. The molecule has 0 atom stereocenters. The molecule has 6 nitrogen and oxygen atoms in total. The number of hydrogen-bond donors (Lipinski definition) is 2. The van der Waals surface area contributed by atoms with Gasteiger partial charge in [-0.25, -0.2) is 0 Å². The maximum atomic E-state index is 12.2. The van der Waals surface area contributed by atoms with Crippen molar-refractivity contribution in [3.05, 3.63) is 64.7 Å². The highest BCUT2D eigenvalue weighted by atomic mass is 35.5. The molecule has 1 heterocycles. The molecule has 2 aromatic carbocycles. The van der Waals surface area contributed by atoms with Gasteiger partial charge in [-0.3, -0.25) is 14.4 Å². The fourth-order valence-corrected chi connectivity index (χ4v) is 3.58. The summed E-state index contributed by atoms with van der Waals surface area (Å²) in [6.07, 6.45) is 6.61. The van der Waals surface area contributed by atoms with Crippen molar-refractivity contribution in [3.8, 4) is 0 Å². The highest BCUT2D eigenvalue weighted by molar-refractivity contribution is 6.34. The monoisotopic (exact) mass is 423 g/mol. The molecular formula is C23H22ClN3O3. The van der Waals surface area contributed by atoms with Crippen LogP contribution in [0, 0.1) is 0 Å². The van der Waals surface area contributed by atoms with Crippen LogP contribution in [-0.4, -0.2) is 30.3 Å². The van der Waals surface area contributed by atoms with Crippen molar-refractivity contribution in [2.45, 2.75) is 31.7 Å². The first-order valence-electron chi connectivity index (χ1n) is 9.99. The minimum absolute atomic E-state index is 0.146. The maximum Gasteiger partial charge on any atom is 0.253 e. The van der Waals surface area contributed by atoms with Gasteiger partial charge in [0.05, 0.1) is 10.6 Å². The summed E-state index contributed by atoms with van der Waals surface area (Å²) >= 11 is 6.21. The first-order valence-corrected chi connectivity index (χ1v) is 10.4. The van der Waals surface area contributed by atoms with E-state index in [0.717, 1.165) is 37.1 Å². The number of benzene rings is 2. The van der Waals surface area contributed by atoms with E-state index in [-0.39, 0.29) is 23.8 Å². The molecular weight excluding hydrogens is 402 g/mol. The van der Waals surface area contributed by atoms with Gasteiger partial charge >= 0.3 is 0 Å². The average Bonchev–Trinajstić information content (AvgIpc) is 3.44. The molecule has 3 amide bonds. The third kappa shape index (κ3) is 4.89. The van der Waals surface area contributed by atoms with Crippen LogP contribution in [0.5, 0.6) is 0 Å². The van der Waals surface area contributed by atoms with Crippen molar-refractivity contribution in [2.24, 2.45) is 0 Å². The van der Waals surface area contributed by atoms with E-state index in [0.29, 0.717) is 22.7 Å². The summed E-state index contributed by atoms with van der Waals surface area (Å²) in [6.45, 7) is 0.750. The topological polar surface area (TPSA) is 78.5 Å². The highest BCUT2D eigenvalue weighted by Gasteiger charge is 2.24. The van der Waals surface area contributed by atoms with E-state index < -0.39 is 0 Å². The first-order chi connectivity index (χ1) is 14.5. The molecule has 1 saturated carbocycles. The van der Waals surface area contributed by atoms with Gasteiger partial charge in [-0.05, 0) is 61.2 Å². The maximum absolute atomic E-state index is 12.2. The van der Waals surface area contributed by atoms with Gasteiger partial charge in [-0.1, -0.05) is 23.7 Å². The van der Waals surface area contributed by atoms with Crippen LogP contribution in [-0.2, 0) is 9.59 Å². The van der Waals surface area contributed by atoms with Gasteiger partial charge in [-0.2, -0.15) is 0 Å². The smallest absolute Gasteiger partial charge is 0.253 e. The van der Waals surface area contributed by atoms with Crippen LogP contribution in [0.25, 0.3) is 6.08 Å². The van der Waals surface area contributed by atoms with E-state index in [1.165, 1.54) is 6.08 Å². The van der Waals surface area contributed by atoms with Gasteiger partial charge in [0.15, 0.2) is 0 Å². The normalized spacial score (nSPS) is 16.2. The van der Waals surface area contributed by atoms with E-state index in [4.69, 9.17) is 11.6 Å². The second-order valence-corrected chi connectivity index (χ2v) is 7.91. The largest absolute Gasteiger partial charge is 0.349 e. The Morgan fingerprint density at radius 3 is 2.50 bits per heavy atom. The van der Waals surface area contributed by atoms with Crippen LogP contribution in [0.4, 0.5) is 11.4 Å². The zero-order valence-electron chi connectivity index (χ0n) is 16.4. The van der Waals surface area contributed by atoms with Gasteiger partial charge in [-0.15, -0.1) is 0 Å². The molecule has 2 fully saturated rings. The van der Waals surface area contributed by atoms with Gasteiger partial charge < -0.3 is 15.5 Å². The molecule has 0 radical (unpaired) electrons. The van der Waals surface area contributed by atoms with E-state index >= 15 is 0 Å². The first kappa shape index (κ1) is 20.2. The molecule has 0 unspecified atom stereocenters. The van der Waals surface area contributed by atoms with Gasteiger partial charge in [0, 0.05) is 36.5 Å². The number of halogens is 1. The lowest BCUT2D eigenvalue weighted by Gasteiger charge is -2.15. The third-order valence-electron chi connectivity index (χ3n) is 5.10. The standard InChI is InChI=1S/C23H22ClN3O3/c24-20-14-17(8-11-19(20)23(30)26-16-6-7-16)25-21(28)12-5-15-3-9-18(10-4-15)27-13-1-2-22(27)29/h3-5,8-12,14,16H,1-2,6-7,13H2,(H,25,28)(H,26,30)/b12-5+. The summed E-state index contributed by atoms with van der Waals surface area (Å²) in [7, 11) is 0. The Balaban J connectivity index is 1.34. The van der Waals surface area contributed by atoms with E-state index in [1.54, 1.807) is 29.2 Å². The van der Waals surface area contributed by atoms with E-state index in [2.05, 4.69) is 10.6 Å². The van der Waals surface area contributed by atoms with Gasteiger partial charge in [0.25, 0.3) is 5.91 Å². The number of hydrogen-bond acceptors (Lipinski definition) is 3. The number of anilines is 2. The third-order valence-corrected chi connectivity index (χ3v) is 5.41. The molecule has 1 aliphatic carbocycles. The zero-order chi connectivity index (χ0) is 21.1. The predicted octanol–water partition coefficient (Wildman–Crippen LogP) is 4.01. The fourth-order valence-electron chi connectivity index (χ4n) is 3.31. The summed E-state index contributed by atoms with van der Waals surface area (Å²) < 4.78 is 0. The Labute approximate surface area is 179 Å². The summed E-state index contributed by atoms with van der Waals surface area (Å²) in [4.78, 5) is 37.9. The Bertz CT molecular complexity index is 1010. The van der Waals surface area contributed by atoms with E-state index in [9.17, 15) is 14.4 Å². The summed E-state index contributed by atoms with van der Waals surface area (Å²) in [5.41, 5.74) is 2.64. The minimum atomic E-state index is -0.306. The molecule has 2 aromatic rings. The molecule has 4 rings (SSSR count). The average molecular weight is 424 g/mol. The molecule has 0 aromatic heterocycles. The lowest BCUT2D eigenvalue weighted by molar-refractivity contribution is -0.117. The van der Waals surface area contributed by atoms with Crippen molar-refractivity contribution < 1.29 is 14.4 Å². The predicted molar refractivity (Wildman–Crippen MR) is 118 cm³/mol. The molecule has 1 aliphatic heterocycles. The molecule has 1 saturated heterocycles. The second kappa shape index (κ2) is 8.71. The molecule has 2 aliphatic rings. The number of carbonyl (C=O) groups is 3. The minimum Gasteiger partial charge on any atom is -0.349 e. The van der Waals surface area contributed by atoms with E-state index in [1.807, 2.05) is 24.3 Å². The van der Waals surface area contributed by atoms with Gasteiger partial charge in [0.2, 0.25) is 11.8 Å². The summed E-state index contributed by atoms with van der Waals surface area (Å²) in [6, 6.07) is 12.6. The van der Waals surface area contributed by atoms with Crippen molar-refractivity contribution in [1.82, 2.24) is 5.32 Å². The molecule has 30 heavy (non-hydrogen) atoms. The molecule has 2 N–H and O–H groups in total. The quantitative estimate of drug-likeness (QED) is 0.689. The number of amides is 3. The Kier molecular flexibility index (Phi) is 5.86. The Hall–Kier alpha value is -3.12. The molecule has 154 valence electrons. The Morgan fingerprint density at radius 1 is 1.10 bits per heavy atom. The highest BCUT2D eigenvalue weighted by Crippen LogP contribution is 2.24. The Morgan fingerprint density at radius 2 is 1.87 bits per heavy atom. The number of nitrogens with zero attached hydrogens (tertiary/aromatic N) is 1. The van der Waals surface area contributed by atoms with Crippen LogP contribution in [0.1, 0.15) is 41.6 Å². The molecule has 0 spiro atoms. The SMILES string of the molecule is O=C(/C=C/c1ccc(N2CCCC2=O)cc1)Nc1ccc(C(=O)NC2CC2)c(Cl)c1. The van der Waals surface area contributed by atoms with Gasteiger partial charge in [0.1, 0.15) is 0 Å². The lowest BCUT2D eigenvalue weighted by atomic mass is 10.1. The van der Waals surface area contributed by atoms with Crippen molar-refractivity contribution in [3.63, 3.8) is 0 Å². The molecule has 7 heteroatoms.